The second-order valence-electron chi connectivity index (χ2n) is 3.76. The molecule has 0 fully saturated rings. The molecule has 3 heteroatoms. The molecule has 1 aromatic carbocycles. The Bertz CT molecular complexity index is 460. The van der Waals surface area contributed by atoms with Crippen LogP contribution in [0.3, 0.4) is 0 Å². The Morgan fingerprint density at radius 2 is 2.18 bits per heavy atom. The number of carbonyl (C=O) groups excluding carboxylic acids is 1. The lowest BCUT2D eigenvalue weighted by atomic mass is 10.1. The van der Waals surface area contributed by atoms with E-state index in [0.29, 0.717) is 17.8 Å². The van der Waals surface area contributed by atoms with Crippen molar-refractivity contribution in [2.24, 2.45) is 0 Å². The smallest absolute Gasteiger partial charge is 0.337 e. The summed E-state index contributed by atoms with van der Waals surface area (Å²) >= 11 is 0. The molecule has 1 atom stereocenters. The van der Waals surface area contributed by atoms with Crippen molar-refractivity contribution in [2.45, 2.75) is 12.5 Å². The van der Waals surface area contributed by atoms with Crippen molar-refractivity contribution in [3.8, 4) is 0 Å². The van der Waals surface area contributed by atoms with Crippen molar-refractivity contribution < 1.29 is 14.3 Å². The largest absolute Gasteiger partial charge is 0.485 e. The van der Waals surface area contributed by atoms with E-state index in [1.807, 2.05) is 30.3 Å². The van der Waals surface area contributed by atoms with Gasteiger partial charge in [0.05, 0.1) is 12.7 Å². The van der Waals surface area contributed by atoms with Gasteiger partial charge < -0.3 is 9.47 Å². The van der Waals surface area contributed by atoms with Gasteiger partial charge in [-0.15, -0.1) is 0 Å². The van der Waals surface area contributed by atoms with Crippen molar-refractivity contribution in [1.82, 2.24) is 0 Å². The van der Waals surface area contributed by atoms with Crippen LogP contribution in [0.15, 0.2) is 48.6 Å². The van der Waals surface area contributed by atoms with Crippen molar-refractivity contribution in [3.05, 3.63) is 54.1 Å². The highest BCUT2D eigenvalue weighted by Gasteiger charge is 2.29. The molecule has 0 N–H and O–H groups in total. The highest BCUT2D eigenvalue weighted by Crippen LogP contribution is 2.33. The maximum Gasteiger partial charge on any atom is 0.337 e. The number of hydrogen-bond donors (Lipinski definition) is 0. The van der Waals surface area contributed by atoms with Crippen molar-refractivity contribution in [2.75, 3.05) is 7.11 Å². The van der Waals surface area contributed by atoms with E-state index in [4.69, 9.17) is 9.47 Å². The summed E-state index contributed by atoms with van der Waals surface area (Å²) in [6, 6.07) is 9.54. The van der Waals surface area contributed by atoms with Crippen LogP contribution < -0.4 is 0 Å². The van der Waals surface area contributed by atoms with Crippen LogP contribution >= 0.6 is 0 Å². The van der Waals surface area contributed by atoms with Gasteiger partial charge in [0.2, 0.25) is 0 Å². The lowest BCUT2D eigenvalue weighted by Gasteiger charge is -2.08. The summed E-state index contributed by atoms with van der Waals surface area (Å²) in [7, 11) is 1.37. The van der Waals surface area contributed by atoms with Gasteiger partial charge in [-0.2, -0.15) is 0 Å². The molecular formula is C14H14O3. The summed E-state index contributed by atoms with van der Waals surface area (Å²) in [6.45, 7) is 3.69. The molecule has 0 radical (unpaired) electrons. The topological polar surface area (TPSA) is 35.5 Å². The second kappa shape index (κ2) is 4.87. The van der Waals surface area contributed by atoms with Gasteiger partial charge in [0.15, 0.2) is 0 Å². The maximum absolute atomic E-state index is 11.7. The van der Waals surface area contributed by atoms with E-state index in [0.717, 1.165) is 5.56 Å². The summed E-state index contributed by atoms with van der Waals surface area (Å²) in [4.78, 5) is 11.7. The molecule has 0 bridgehead atoms. The number of ether oxygens (including phenoxy) is 2. The average molecular weight is 230 g/mol. The fraction of sp³-hybridized carbons (Fsp3) is 0.214. The molecule has 0 saturated heterocycles. The molecule has 1 unspecified atom stereocenters. The predicted molar refractivity (Wildman–Crippen MR) is 65.1 cm³/mol. The minimum atomic E-state index is -0.340. The van der Waals surface area contributed by atoms with Gasteiger partial charge in [-0.1, -0.05) is 43.0 Å². The molecule has 3 nitrogen and oxygen atoms in total. The first-order valence-corrected chi connectivity index (χ1v) is 5.42. The summed E-state index contributed by atoms with van der Waals surface area (Å²) in [6.07, 6.45) is 2.05. The number of esters is 1. The summed E-state index contributed by atoms with van der Waals surface area (Å²) in [5.74, 6) is 0.260. The Labute approximate surface area is 100 Å². The summed E-state index contributed by atoms with van der Waals surface area (Å²) < 4.78 is 10.5. The zero-order valence-corrected chi connectivity index (χ0v) is 9.68. The summed E-state index contributed by atoms with van der Waals surface area (Å²) in [5, 5.41) is 0. The first-order valence-electron chi connectivity index (χ1n) is 5.42. The van der Waals surface area contributed by atoms with Crippen molar-refractivity contribution in [1.29, 1.82) is 0 Å². The van der Waals surface area contributed by atoms with E-state index in [9.17, 15) is 4.79 Å². The normalized spacial score (nSPS) is 18.8. The molecule has 88 valence electrons. The fourth-order valence-corrected chi connectivity index (χ4v) is 1.82. The number of carbonyl (C=O) groups is 1. The van der Waals surface area contributed by atoms with E-state index in [2.05, 4.69) is 6.58 Å². The van der Waals surface area contributed by atoms with E-state index in [1.54, 1.807) is 6.08 Å². The Morgan fingerprint density at radius 1 is 1.47 bits per heavy atom. The third kappa shape index (κ3) is 2.23. The van der Waals surface area contributed by atoms with Gasteiger partial charge in [0.1, 0.15) is 11.9 Å². The predicted octanol–water partition coefficient (Wildman–Crippen LogP) is 2.55. The minimum Gasteiger partial charge on any atom is -0.485 e. The quantitative estimate of drug-likeness (QED) is 0.591. The highest BCUT2D eigenvalue weighted by molar-refractivity contribution is 5.97. The third-order valence-electron chi connectivity index (χ3n) is 2.68. The minimum absolute atomic E-state index is 0.153. The Hall–Kier alpha value is -2.03. The van der Waals surface area contributed by atoms with E-state index >= 15 is 0 Å². The van der Waals surface area contributed by atoms with E-state index in [1.165, 1.54) is 7.11 Å². The SMILES string of the molecule is C=CC1CC(C(=O)OC)=C(c2ccccc2)O1. The van der Waals surface area contributed by atoms with Gasteiger partial charge in [0.25, 0.3) is 0 Å². The molecule has 17 heavy (non-hydrogen) atoms. The Kier molecular flexibility index (Phi) is 3.28. The first-order chi connectivity index (χ1) is 8.26. The first kappa shape index (κ1) is 11.5. The van der Waals surface area contributed by atoms with E-state index in [-0.39, 0.29) is 12.1 Å². The molecule has 0 spiro atoms. The fourth-order valence-electron chi connectivity index (χ4n) is 1.82. The maximum atomic E-state index is 11.7. The van der Waals surface area contributed by atoms with Gasteiger partial charge in [-0.25, -0.2) is 4.79 Å². The second-order valence-corrected chi connectivity index (χ2v) is 3.76. The van der Waals surface area contributed by atoms with Crippen molar-refractivity contribution in [3.63, 3.8) is 0 Å². The van der Waals surface area contributed by atoms with Crippen molar-refractivity contribution >= 4 is 11.7 Å². The molecular weight excluding hydrogens is 216 g/mol. The lowest BCUT2D eigenvalue weighted by Crippen LogP contribution is -2.06. The third-order valence-corrected chi connectivity index (χ3v) is 2.68. The van der Waals surface area contributed by atoms with Gasteiger partial charge in [-0.05, 0) is 0 Å². The molecule has 0 saturated carbocycles. The standard InChI is InChI=1S/C14H14O3/c1-3-11-9-12(14(15)16-2)13(17-11)10-7-5-4-6-8-10/h3-8,11H,1,9H2,2H3. The molecule has 0 amide bonds. The van der Waals surface area contributed by atoms with Crippen LogP contribution in [0.2, 0.25) is 0 Å². The number of methoxy groups -OCH3 is 1. The molecule has 0 aliphatic carbocycles. The molecule has 1 heterocycles. The Morgan fingerprint density at radius 3 is 2.76 bits per heavy atom. The highest BCUT2D eigenvalue weighted by atomic mass is 16.5. The van der Waals surface area contributed by atoms with Gasteiger partial charge in [-0.3, -0.25) is 0 Å². The zero-order chi connectivity index (χ0) is 12.3. The van der Waals surface area contributed by atoms with Gasteiger partial charge >= 0.3 is 5.97 Å². The molecule has 2 rings (SSSR count). The number of rotatable bonds is 3. The number of benzene rings is 1. The average Bonchev–Trinajstić information content (AvgIpc) is 2.83. The van der Waals surface area contributed by atoms with Gasteiger partial charge in [0, 0.05) is 12.0 Å². The zero-order valence-electron chi connectivity index (χ0n) is 9.68. The molecule has 1 aromatic rings. The summed E-state index contributed by atoms with van der Waals surface area (Å²) in [5.41, 5.74) is 1.46. The van der Waals surface area contributed by atoms with Crippen LogP contribution in [0.4, 0.5) is 0 Å². The molecule has 1 aliphatic heterocycles. The van der Waals surface area contributed by atoms with Crippen LogP contribution in [0, 0.1) is 0 Å². The van der Waals surface area contributed by atoms with Crippen LogP contribution in [-0.4, -0.2) is 19.2 Å². The van der Waals surface area contributed by atoms with Crippen LogP contribution in [0.1, 0.15) is 12.0 Å². The van der Waals surface area contributed by atoms with Crippen LogP contribution in [0.25, 0.3) is 5.76 Å². The monoisotopic (exact) mass is 230 g/mol. The number of hydrogen-bond acceptors (Lipinski definition) is 3. The van der Waals surface area contributed by atoms with Crippen LogP contribution in [0.5, 0.6) is 0 Å². The lowest BCUT2D eigenvalue weighted by molar-refractivity contribution is -0.136. The molecule has 0 aromatic heterocycles. The Balaban J connectivity index is 2.39. The van der Waals surface area contributed by atoms with Crippen LogP contribution in [-0.2, 0) is 14.3 Å². The molecule has 1 aliphatic rings. The van der Waals surface area contributed by atoms with E-state index < -0.39 is 0 Å².